The number of primary amides is 1. The van der Waals surface area contributed by atoms with Gasteiger partial charge < -0.3 is 5.73 Å². The van der Waals surface area contributed by atoms with Gasteiger partial charge in [-0.25, -0.2) is 4.98 Å². The van der Waals surface area contributed by atoms with Gasteiger partial charge in [0.25, 0.3) is 0 Å². The molecule has 0 atom stereocenters. The van der Waals surface area contributed by atoms with E-state index in [1.165, 1.54) is 11.8 Å². The third kappa shape index (κ3) is 4.96. The molecule has 24 heavy (non-hydrogen) atoms. The number of allylic oxidation sites excluding steroid dienone is 5. The van der Waals surface area contributed by atoms with Crippen molar-refractivity contribution in [2.24, 2.45) is 5.73 Å². The van der Waals surface area contributed by atoms with Gasteiger partial charge in [-0.3, -0.25) is 4.79 Å². The molecule has 1 aromatic carbocycles. The summed E-state index contributed by atoms with van der Waals surface area (Å²) in [6.07, 6.45) is 7.60. The number of aromatic nitrogens is 1. The number of nitrogens with zero attached hydrogens (tertiary/aromatic N) is 1. The Hall–Kier alpha value is -2.59. The van der Waals surface area contributed by atoms with Crippen molar-refractivity contribution < 1.29 is 4.79 Å². The fraction of sp³-hybridized carbons (Fsp3) is 0.100. The summed E-state index contributed by atoms with van der Waals surface area (Å²) in [7, 11) is 0. The van der Waals surface area contributed by atoms with E-state index < -0.39 is 0 Å². The molecule has 2 N–H and O–H groups in total. The minimum Gasteiger partial charge on any atom is -0.369 e. The van der Waals surface area contributed by atoms with E-state index in [4.69, 9.17) is 5.73 Å². The number of hydrogen-bond donors (Lipinski definition) is 1. The van der Waals surface area contributed by atoms with Crippen molar-refractivity contribution in [3.05, 3.63) is 79.0 Å². The van der Waals surface area contributed by atoms with Crippen LogP contribution in [-0.2, 0) is 4.79 Å². The number of pyridine rings is 1. The zero-order chi connectivity index (χ0) is 17.4. The molecule has 4 heteroatoms. The number of carbonyl (C=O) groups excluding carboxylic acids is 1. The fourth-order valence-corrected chi connectivity index (χ4v) is 2.87. The monoisotopic (exact) mass is 336 g/mol. The Balaban J connectivity index is 2.53. The number of hydrogen-bond acceptors (Lipinski definition) is 3. The van der Waals surface area contributed by atoms with E-state index in [9.17, 15) is 4.79 Å². The fourth-order valence-electron chi connectivity index (χ4n) is 2.20. The van der Waals surface area contributed by atoms with Crippen LogP contribution in [0.1, 0.15) is 12.6 Å². The van der Waals surface area contributed by atoms with Crippen LogP contribution in [0.5, 0.6) is 0 Å². The number of nitrogens with two attached hydrogens (primary N) is 1. The maximum atomic E-state index is 11.1. The summed E-state index contributed by atoms with van der Waals surface area (Å²) >= 11 is 1.34. The second-order valence-corrected chi connectivity index (χ2v) is 6.05. The first-order chi connectivity index (χ1) is 11.6. The summed E-state index contributed by atoms with van der Waals surface area (Å²) in [5.74, 6) is -0.154. The number of amides is 1. The molecule has 0 bridgehead atoms. The van der Waals surface area contributed by atoms with Crippen molar-refractivity contribution in [2.45, 2.75) is 11.9 Å². The third-order valence-corrected chi connectivity index (χ3v) is 4.14. The largest absolute Gasteiger partial charge is 0.369 e. The minimum atomic E-state index is -0.358. The van der Waals surface area contributed by atoms with Crippen LogP contribution >= 0.6 is 11.8 Å². The number of thioether (sulfide) groups is 1. The molecule has 1 aromatic heterocycles. The van der Waals surface area contributed by atoms with Crippen LogP contribution in [0.25, 0.3) is 16.7 Å². The van der Waals surface area contributed by atoms with Gasteiger partial charge in [0.1, 0.15) is 0 Å². The van der Waals surface area contributed by atoms with Gasteiger partial charge in [-0.1, -0.05) is 73.0 Å². The van der Waals surface area contributed by atoms with Gasteiger partial charge in [0.15, 0.2) is 0 Å². The van der Waals surface area contributed by atoms with E-state index in [0.717, 1.165) is 27.4 Å². The van der Waals surface area contributed by atoms with Crippen molar-refractivity contribution >= 4 is 23.2 Å². The maximum Gasteiger partial charge on any atom is 0.227 e. The van der Waals surface area contributed by atoms with E-state index >= 15 is 0 Å². The molecular formula is C20H20N2OS. The molecule has 0 spiro atoms. The van der Waals surface area contributed by atoms with Crippen LogP contribution in [0.2, 0.25) is 0 Å². The highest BCUT2D eigenvalue weighted by molar-refractivity contribution is 7.99. The molecule has 122 valence electrons. The van der Waals surface area contributed by atoms with Crippen molar-refractivity contribution in [3.8, 4) is 11.1 Å². The molecule has 0 fully saturated rings. The second kappa shape index (κ2) is 8.89. The van der Waals surface area contributed by atoms with E-state index in [0.29, 0.717) is 0 Å². The average Bonchev–Trinajstić information content (AvgIpc) is 2.60. The van der Waals surface area contributed by atoms with Gasteiger partial charge in [-0.05, 0) is 35.8 Å². The highest BCUT2D eigenvalue weighted by Gasteiger charge is 2.09. The first kappa shape index (κ1) is 17.8. The Kier molecular flexibility index (Phi) is 6.58. The molecule has 2 rings (SSSR count). The average molecular weight is 336 g/mol. The Morgan fingerprint density at radius 2 is 2.00 bits per heavy atom. The lowest BCUT2D eigenvalue weighted by Crippen LogP contribution is -2.13. The molecule has 2 aromatic rings. The Bertz CT molecular complexity index is 779. The second-order valence-electron chi connectivity index (χ2n) is 5.06. The molecule has 0 aliphatic heterocycles. The Morgan fingerprint density at radius 3 is 2.62 bits per heavy atom. The van der Waals surface area contributed by atoms with Crippen LogP contribution in [0.15, 0.2) is 78.4 Å². The molecule has 0 saturated heterocycles. The van der Waals surface area contributed by atoms with Crippen LogP contribution in [-0.4, -0.2) is 16.6 Å². The van der Waals surface area contributed by atoms with E-state index in [1.54, 1.807) is 6.08 Å². The molecule has 0 unspecified atom stereocenters. The summed E-state index contributed by atoms with van der Waals surface area (Å²) in [5.41, 5.74) is 9.20. The first-order valence-corrected chi connectivity index (χ1v) is 8.57. The van der Waals surface area contributed by atoms with Crippen LogP contribution in [0.3, 0.4) is 0 Å². The molecule has 1 heterocycles. The van der Waals surface area contributed by atoms with Crippen molar-refractivity contribution in [1.29, 1.82) is 0 Å². The van der Waals surface area contributed by atoms with Crippen molar-refractivity contribution in [2.75, 3.05) is 5.75 Å². The van der Waals surface area contributed by atoms with Crippen molar-refractivity contribution in [1.82, 2.24) is 4.98 Å². The van der Waals surface area contributed by atoms with Gasteiger partial charge in [0.2, 0.25) is 5.91 Å². The lowest BCUT2D eigenvalue weighted by Gasteiger charge is -2.09. The standard InChI is InChI=1S/C20H20N2OS/c1-3-8-16(9-4-2)18-12-17(15-10-6-5-7-11-15)13-20(22-18)24-14-19(21)23/h3-13H,1,14H2,2H3,(H2,21,23)/b9-4-,16-8+. The zero-order valence-electron chi connectivity index (χ0n) is 13.6. The highest BCUT2D eigenvalue weighted by atomic mass is 32.2. The van der Waals surface area contributed by atoms with E-state index in [-0.39, 0.29) is 11.7 Å². The SMILES string of the molecule is C=C/C=C(\C=C/C)c1cc(-c2ccccc2)cc(SCC(N)=O)n1. The van der Waals surface area contributed by atoms with Crippen LogP contribution < -0.4 is 5.73 Å². The number of rotatable bonds is 7. The first-order valence-electron chi connectivity index (χ1n) is 7.58. The predicted octanol–water partition coefficient (Wildman–Crippen LogP) is 4.47. The lowest BCUT2D eigenvalue weighted by molar-refractivity contribution is -0.115. The molecule has 0 aliphatic rings. The van der Waals surface area contributed by atoms with Gasteiger partial charge in [0.05, 0.1) is 16.5 Å². The third-order valence-electron chi connectivity index (χ3n) is 3.21. The van der Waals surface area contributed by atoms with Crippen LogP contribution in [0, 0.1) is 0 Å². The van der Waals surface area contributed by atoms with E-state index in [1.807, 2.05) is 67.6 Å². The van der Waals surface area contributed by atoms with Gasteiger partial charge >= 0.3 is 0 Å². The highest BCUT2D eigenvalue weighted by Crippen LogP contribution is 2.28. The van der Waals surface area contributed by atoms with Crippen molar-refractivity contribution in [3.63, 3.8) is 0 Å². The predicted molar refractivity (Wildman–Crippen MR) is 103 cm³/mol. The Labute approximate surface area is 147 Å². The molecule has 1 amide bonds. The van der Waals surface area contributed by atoms with Gasteiger partial charge in [-0.2, -0.15) is 0 Å². The van der Waals surface area contributed by atoms with Crippen LogP contribution in [0.4, 0.5) is 0 Å². The normalized spacial score (nSPS) is 11.6. The Morgan fingerprint density at radius 1 is 1.25 bits per heavy atom. The quantitative estimate of drug-likeness (QED) is 0.599. The summed E-state index contributed by atoms with van der Waals surface area (Å²) < 4.78 is 0. The maximum absolute atomic E-state index is 11.1. The minimum absolute atomic E-state index is 0.203. The summed E-state index contributed by atoms with van der Waals surface area (Å²) in [6, 6.07) is 14.1. The molecule has 3 nitrogen and oxygen atoms in total. The van der Waals surface area contributed by atoms with Gasteiger partial charge in [-0.15, -0.1) is 0 Å². The topological polar surface area (TPSA) is 56.0 Å². The number of benzene rings is 1. The number of carbonyl (C=O) groups is 1. The van der Waals surface area contributed by atoms with E-state index in [2.05, 4.69) is 11.6 Å². The molecule has 0 saturated carbocycles. The summed E-state index contributed by atoms with van der Waals surface area (Å²) in [4.78, 5) is 15.7. The smallest absolute Gasteiger partial charge is 0.227 e. The molecule has 0 radical (unpaired) electrons. The zero-order valence-corrected chi connectivity index (χ0v) is 14.4. The van der Waals surface area contributed by atoms with Gasteiger partial charge in [0, 0.05) is 0 Å². The summed E-state index contributed by atoms with van der Waals surface area (Å²) in [5, 5.41) is 0.768. The molecular weight excluding hydrogens is 316 g/mol. The lowest BCUT2D eigenvalue weighted by atomic mass is 10.0. The molecule has 0 aliphatic carbocycles. The summed E-state index contributed by atoms with van der Waals surface area (Å²) in [6.45, 7) is 5.73.